The smallest absolute Gasteiger partial charge is 0.251 e. The van der Waals surface area contributed by atoms with Crippen molar-refractivity contribution in [1.29, 1.82) is 0 Å². The average molecular weight is 386 g/mol. The molecule has 0 radical (unpaired) electrons. The fraction of sp³-hybridized carbons (Fsp3) is 0.381. The summed E-state index contributed by atoms with van der Waals surface area (Å²) in [6.07, 6.45) is 2.79. The lowest BCUT2D eigenvalue weighted by Crippen LogP contribution is -2.51. The number of hydrogen-bond acceptors (Lipinski definition) is 4. The van der Waals surface area contributed by atoms with Crippen LogP contribution < -0.4 is 16.2 Å². The molecule has 28 heavy (non-hydrogen) atoms. The molecule has 2 aliphatic rings. The van der Waals surface area contributed by atoms with Gasteiger partial charge in [0, 0.05) is 30.7 Å². The molecule has 7 heteroatoms. The molecule has 2 fully saturated rings. The lowest BCUT2D eigenvalue weighted by molar-refractivity contribution is 0.0879. The van der Waals surface area contributed by atoms with Gasteiger partial charge in [0.05, 0.1) is 6.17 Å². The van der Waals surface area contributed by atoms with Gasteiger partial charge in [-0.1, -0.05) is 18.2 Å². The van der Waals surface area contributed by atoms with Crippen molar-refractivity contribution in [3.05, 3.63) is 71.3 Å². The Morgan fingerprint density at radius 2 is 1.75 bits per heavy atom. The summed E-state index contributed by atoms with van der Waals surface area (Å²) in [6.45, 7) is 1.73. The Balaban J connectivity index is 1.26. The van der Waals surface area contributed by atoms with Gasteiger partial charge in [-0.15, -0.1) is 0 Å². The molecule has 2 unspecified atom stereocenters. The quantitative estimate of drug-likeness (QED) is 0.756. The maximum Gasteiger partial charge on any atom is 0.251 e. The van der Waals surface area contributed by atoms with Gasteiger partial charge < -0.3 is 5.32 Å². The average Bonchev–Trinajstić information content (AvgIpc) is 3.19. The molecule has 148 valence electrons. The van der Waals surface area contributed by atoms with Gasteiger partial charge in [-0.25, -0.2) is 19.6 Å². The van der Waals surface area contributed by atoms with E-state index in [0.29, 0.717) is 5.56 Å². The van der Waals surface area contributed by atoms with E-state index in [1.54, 1.807) is 12.1 Å². The summed E-state index contributed by atoms with van der Waals surface area (Å²) < 4.78 is 26.4. The lowest BCUT2D eigenvalue weighted by atomic mass is 10.0. The van der Waals surface area contributed by atoms with Crippen LogP contribution in [-0.4, -0.2) is 36.1 Å². The van der Waals surface area contributed by atoms with Crippen LogP contribution in [-0.2, 0) is 0 Å². The standard InChI is InChI=1S/C21H24F2N4O/c22-16-6-4-14(5-7-16)19-13-20(26-25-19)27-10-8-18(9-11-27)24-21(28)15-2-1-3-17(23)12-15/h1-7,12,18-20,25-26H,8-11,13H2,(H,24,28). The Morgan fingerprint density at radius 3 is 2.46 bits per heavy atom. The first-order valence-corrected chi connectivity index (χ1v) is 9.65. The van der Waals surface area contributed by atoms with E-state index in [-0.39, 0.29) is 30.0 Å². The Hall–Kier alpha value is -2.35. The molecule has 5 nitrogen and oxygen atoms in total. The van der Waals surface area contributed by atoms with Crippen LogP contribution in [0.4, 0.5) is 8.78 Å². The monoisotopic (exact) mass is 386 g/mol. The maximum atomic E-state index is 13.3. The zero-order chi connectivity index (χ0) is 19.5. The van der Waals surface area contributed by atoms with Crippen molar-refractivity contribution < 1.29 is 13.6 Å². The number of benzene rings is 2. The predicted octanol–water partition coefficient (Wildman–Crippen LogP) is 2.72. The van der Waals surface area contributed by atoms with Crippen LogP contribution in [0.15, 0.2) is 48.5 Å². The Kier molecular flexibility index (Phi) is 5.66. The fourth-order valence-corrected chi connectivity index (χ4v) is 3.95. The number of halogens is 2. The van der Waals surface area contributed by atoms with Gasteiger partial charge >= 0.3 is 0 Å². The van der Waals surface area contributed by atoms with E-state index in [4.69, 9.17) is 0 Å². The number of nitrogens with zero attached hydrogens (tertiary/aromatic N) is 1. The third kappa shape index (κ3) is 4.38. The number of rotatable bonds is 4. The highest BCUT2D eigenvalue weighted by molar-refractivity contribution is 5.94. The van der Waals surface area contributed by atoms with E-state index in [1.807, 2.05) is 12.1 Å². The second-order valence-electron chi connectivity index (χ2n) is 7.44. The van der Waals surface area contributed by atoms with Gasteiger partial charge in [0.2, 0.25) is 0 Å². The summed E-state index contributed by atoms with van der Waals surface area (Å²) in [5, 5.41) is 3.01. The van der Waals surface area contributed by atoms with E-state index in [2.05, 4.69) is 21.1 Å². The van der Waals surface area contributed by atoms with E-state index in [9.17, 15) is 13.6 Å². The highest BCUT2D eigenvalue weighted by atomic mass is 19.1. The number of carbonyl (C=O) groups excluding carboxylic acids is 1. The summed E-state index contributed by atoms with van der Waals surface area (Å²) in [4.78, 5) is 14.6. The summed E-state index contributed by atoms with van der Waals surface area (Å²) in [6, 6.07) is 12.6. The third-order valence-electron chi connectivity index (χ3n) is 5.55. The van der Waals surface area contributed by atoms with Crippen molar-refractivity contribution in [3.8, 4) is 0 Å². The number of piperidine rings is 1. The number of amides is 1. The molecule has 0 bridgehead atoms. The fourth-order valence-electron chi connectivity index (χ4n) is 3.95. The molecule has 0 aromatic heterocycles. The predicted molar refractivity (Wildman–Crippen MR) is 102 cm³/mol. The number of nitrogens with one attached hydrogen (secondary N) is 3. The first-order valence-electron chi connectivity index (χ1n) is 9.65. The Bertz CT molecular complexity index is 821. The number of hydrazine groups is 1. The molecule has 0 aliphatic carbocycles. The SMILES string of the molecule is O=C(NC1CCN(C2CC(c3ccc(F)cc3)NN2)CC1)c1cccc(F)c1. The van der Waals surface area contributed by atoms with Crippen molar-refractivity contribution in [1.82, 2.24) is 21.1 Å². The van der Waals surface area contributed by atoms with Crippen molar-refractivity contribution >= 4 is 5.91 Å². The van der Waals surface area contributed by atoms with Crippen LogP contribution >= 0.6 is 0 Å². The van der Waals surface area contributed by atoms with Crippen molar-refractivity contribution in [3.63, 3.8) is 0 Å². The van der Waals surface area contributed by atoms with Gasteiger partial charge in [-0.05, 0) is 55.2 Å². The van der Waals surface area contributed by atoms with E-state index in [0.717, 1.165) is 37.9 Å². The molecule has 3 N–H and O–H groups in total. The third-order valence-corrected chi connectivity index (χ3v) is 5.55. The summed E-state index contributed by atoms with van der Waals surface area (Å²) in [5.41, 5.74) is 8.04. The minimum Gasteiger partial charge on any atom is -0.349 e. The van der Waals surface area contributed by atoms with Crippen molar-refractivity contribution in [2.24, 2.45) is 0 Å². The molecule has 1 amide bonds. The molecule has 2 aromatic rings. The zero-order valence-electron chi connectivity index (χ0n) is 15.5. The van der Waals surface area contributed by atoms with Crippen LogP contribution in [0.1, 0.15) is 41.2 Å². The molecule has 2 aliphatic heterocycles. The normalized spacial score (nSPS) is 23.6. The first-order chi connectivity index (χ1) is 13.6. The van der Waals surface area contributed by atoms with Crippen molar-refractivity contribution in [2.75, 3.05) is 13.1 Å². The summed E-state index contributed by atoms with van der Waals surface area (Å²) in [5.74, 6) is -0.860. The molecule has 2 heterocycles. The van der Waals surface area contributed by atoms with E-state index in [1.165, 1.54) is 24.3 Å². The van der Waals surface area contributed by atoms with Gasteiger partial charge in [-0.2, -0.15) is 0 Å². The Morgan fingerprint density at radius 1 is 1.00 bits per heavy atom. The zero-order valence-corrected chi connectivity index (χ0v) is 15.5. The molecule has 0 saturated carbocycles. The van der Waals surface area contributed by atoms with Crippen LogP contribution in [0.2, 0.25) is 0 Å². The Labute approximate surface area is 163 Å². The van der Waals surface area contributed by atoms with E-state index >= 15 is 0 Å². The lowest BCUT2D eigenvalue weighted by Gasteiger charge is -2.35. The highest BCUT2D eigenvalue weighted by Crippen LogP contribution is 2.25. The van der Waals surface area contributed by atoms with E-state index < -0.39 is 5.82 Å². The van der Waals surface area contributed by atoms with Gasteiger partial charge in [0.15, 0.2) is 0 Å². The van der Waals surface area contributed by atoms with Crippen molar-refractivity contribution in [2.45, 2.75) is 37.5 Å². The van der Waals surface area contributed by atoms with Crippen LogP contribution in [0, 0.1) is 11.6 Å². The number of hydrogen-bond donors (Lipinski definition) is 3. The second kappa shape index (κ2) is 8.34. The minimum absolute atomic E-state index is 0.0919. The summed E-state index contributed by atoms with van der Waals surface area (Å²) in [7, 11) is 0. The van der Waals surface area contributed by atoms with Crippen LogP contribution in [0.25, 0.3) is 0 Å². The van der Waals surface area contributed by atoms with Crippen LogP contribution in [0.5, 0.6) is 0 Å². The number of likely N-dealkylation sites (tertiary alicyclic amines) is 1. The second-order valence-corrected chi connectivity index (χ2v) is 7.44. The topological polar surface area (TPSA) is 56.4 Å². The highest BCUT2D eigenvalue weighted by Gasteiger charge is 2.32. The molecule has 2 saturated heterocycles. The first kappa shape index (κ1) is 19.0. The molecule has 2 atom stereocenters. The van der Waals surface area contributed by atoms with Crippen LogP contribution in [0.3, 0.4) is 0 Å². The molecular formula is C21H24F2N4O. The minimum atomic E-state index is -0.405. The molecule has 2 aromatic carbocycles. The van der Waals surface area contributed by atoms with Gasteiger partial charge in [0.1, 0.15) is 11.6 Å². The summed E-state index contributed by atoms with van der Waals surface area (Å²) >= 11 is 0. The molecule has 4 rings (SSSR count). The molecular weight excluding hydrogens is 362 g/mol. The van der Waals surface area contributed by atoms with Gasteiger partial charge in [0.25, 0.3) is 5.91 Å². The van der Waals surface area contributed by atoms with Gasteiger partial charge in [-0.3, -0.25) is 9.69 Å². The number of carbonyl (C=O) groups is 1. The molecule has 0 spiro atoms. The largest absolute Gasteiger partial charge is 0.349 e. The maximum absolute atomic E-state index is 13.3.